The molecule has 0 aliphatic carbocycles. The molecule has 2 aliphatic heterocycles. The van der Waals surface area contributed by atoms with Crippen molar-refractivity contribution < 1.29 is 4.79 Å². The number of nitrogens with one attached hydrogen (secondary N) is 2. The molecule has 1 amide bonds. The van der Waals surface area contributed by atoms with E-state index in [2.05, 4.69) is 35.1 Å². The molecular weight excluding hydrogens is 458 g/mol. The number of H-pyrrole nitrogens is 2. The van der Waals surface area contributed by atoms with Crippen molar-refractivity contribution in [3.63, 3.8) is 0 Å². The van der Waals surface area contributed by atoms with E-state index >= 15 is 0 Å². The first-order valence-corrected chi connectivity index (χ1v) is 11.9. The van der Waals surface area contributed by atoms with Gasteiger partial charge in [0.1, 0.15) is 12.0 Å². The molecule has 5 aromatic heterocycles. The lowest BCUT2D eigenvalue weighted by Crippen LogP contribution is -2.46. The van der Waals surface area contributed by atoms with Gasteiger partial charge < -0.3 is 15.6 Å². The van der Waals surface area contributed by atoms with Gasteiger partial charge in [-0.05, 0) is 37.8 Å². The minimum Gasteiger partial charge on any atom is -0.381 e. The maximum absolute atomic E-state index is 13.0. The lowest BCUT2D eigenvalue weighted by molar-refractivity contribution is 0.0557. The topological polar surface area (TPSA) is 160 Å². The molecule has 4 N–H and O–H groups in total. The summed E-state index contributed by atoms with van der Waals surface area (Å²) in [5, 5.41) is 6.53. The third-order valence-electron chi connectivity index (χ3n) is 7.34. The molecule has 5 aromatic rings. The standard InChI is InChI=1S/C24H23N11O/c25-20-23-29-10-19(13-1-4-17(28-9-13)21-26-5-6-27-21)34(23)11-18(32-20)14-7-15-2-3-16(8-14)35(15)24(36)22-30-12-31-33-22/h1,4-6,9-12,14-16H,2-3,7-8H2,(H2,25,32)(H,26,27)(H,30,31,33). The van der Waals surface area contributed by atoms with E-state index in [4.69, 9.17) is 10.7 Å². The fourth-order valence-electron chi connectivity index (χ4n) is 5.71. The Bertz CT molecular complexity index is 1530. The summed E-state index contributed by atoms with van der Waals surface area (Å²) in [7, 11) is 0. The normalized spacial score (nSPS) is 21.3. The van der Waals surface area contributed by atoms with E-state index in [-0.39, 0.29) is 23.9 Å². The van der Waals surface area contributed by atoms with E-state index in [0.717, 1.165) is 54.2 Å². The molecule has 36 heavy (non-hydrogen) atoms. The molecule has 7 heterocycles. The Morgan fingerprint density at radius 1 is 1.06 bits per heavy atom. The maximum atomic E-state index is 13.0. The van der Waals surface area contributed by atoms with Crippen molar-refractivity contribution in [1.29, 1.82) is 0 Å². The number of carbonyl (C=O) groups is 1. The van der Waals surface area contributed by atoms with Crippen LogP contribution in [0.15, 0.2) is 49.4 Å². The number of hydrogen-bond donors (Lipinski definition) is 3. The number of nitrogen functional groups attached to an aromatic ring is 1. The minimum absolute atomic E-state index is 0.0798. The molecule has 0 saturated carbocycles. The highest BCUT2D eigenvalue weighted by molar-refractivity contribution is 5.91. The van der Waals surface area contributed by atoms with Crippen molar-refractivity contribution in [3.05, 3.63) is 61.0 Å². The number of fused-ring (bicyclic) bond motifs is 3. The van der Waals surface area contributed by atoms with Gasteiger partial charge in [0, 0.05) is 48.4 Å². The fraction of sp³-hybridized carbons (Fsp3) is 0.292. The molecule has 2 saturated heterocycles. The number of rotatable bonds is 4. The van der Waals surface area contributed by atoms with Crippen LogP contribution in [-0.4, -0.2) is 67.4 Å². The Labute approximate surface area is 205 Å². The first-order valence-electron chi connectivity index (χ1n) is 11.9. The molecule has 0 spiro atoms. The van der Waals surface area contributed by atoms with Gasteiger partial charge in [0.2, 0.25) is 5.82 Å². The minimum atomic E-state index is -0.0798. The predicted octanol–water partition coefficient (Wildman–Crippen LogP) is 2.43. The van der Waals surface area contributed by atoms with Crippen molar-refractivity contribution in [2.75, 3.05) is 5.73 Å². The molecule has 12 nitrogen and oxygen atoms in total. The van der Waals surface area contributed by atoms with E-state index in [0.29, 0.717) is 17.3 Å². The SMILES string of the molecule is Nc1nc(C2CC3CCC(C2)N3C(=O)c2ncn[nH]2)cn2c(-c3ccc(-c4ncc[nH]4)nc3)cnc12. The first kappa shape index (κ1) is 20.7. The highest BCUT2D eigenvalue weighted by Crippen LogP contribution is 2.43. The Hall–Kier alpha value is -4.61. The van der Waals surface area contributed by atoms with Gasteiger partial charge in [-0.25, -0.2) is 19.9 Å². The molecule has 7 rings (SSSR count). The van der Waals surface area contributed by atoms with Crippen molar-refractivity contribution in [2.24, 2.45) is 0 Å². The van der Waals surface area contributed by atoms with Gasteiger partial charge in [-0.2, -0.15) is 5.10 Å². The number of aromatic nitrogens is 9. The highest BCUT2D eigenvalue weighted by atomic mass is 16.2. The van der Waals surface area contributed by atoms with Crippen molar-refractivity contribution in [3.8, 4) is 22.8 Å². The van der Waals surface area contributed by atoms with Crippen LogP contribution in [0.2, 0.25) is 0 Å². The van der Waals surface area contributed by atoms with Crippen LogP contribution in [0.4, 0.5) is 5.82 Å². The smallest absolute Gasteiger partial charge is 0.291 e. The van der Waals surface area contributed by atoms with Gasteiger partial charge in [-0.3, -0.25) is 19.3 Å². The van der Waals surface area contributed by atoms with Crippen LogP contribution in [0.1, 0.15) is 47.9 Å². The number of piperidine rings is 1. The van der Waals surface area contributed by atoms with Crippen molar-refractivity contribution in [2.45, 2.75) is 43.7 Å². The number of hydrogen-bond acceptors (Lipinski definition) is 8. The lowest BCUT2D eigenvalue weighted by atomic mass is 9.88. The monoisotopic (exact) mass is 481 g/mol. The lowest BCUT2D eigenvalue weighted by Gasteiger charge is -2.38. The second-order valence-corrected chi connectivity index (χ2v) is 9.36. The average molecular weight is 482 g/mol. The summed E-state index contributed by atoms with van der Waals surface area (Å²) in [4.78, 5) is 40.2. The Morgan fingerprint density at radius 2 is 1.92 bits per heavy atom. The summed E-state index contributed by atoms with van der Waals surface area (Å²) >= 11 is 0. The third kappa shape index (κ3) is 3.25. The van der Waals surface area contributed by atoms with Gasteiger partial charge in [-0.15, -0.1) is 0 Å². The van der Waals surface area contributed by atoms with Gasteiger partial charge >= 0.3 is 0 Å². The molecule has 0 radical (unpaired) electrons. The van der Waals surface area contributed by atoms with Gasteiger partial charge in [0.05, 0.1) is 17.6 Å². The van der Waals surface area contributed by atoms with Crippen LogP contribution >= 0.6 is 0 Å². The number of amides is 1. The van der Waals surface area contributed by atoms with Gasteiger partial charge in [0.15, 0.2) is 17.3 Å². The Balaban J connectivity index is 1.19. The summed E-state index contributed by atoms with van der Waals surface area (Å²) in [5.41, 5.74) is 10.5. The van der Waals surface area contributed by atoms with Gasteiger partial charge in [-0.1, -0.05) is 0 Å². The number of carbonyl (C=O) groups excluding carboxylic acids is 1. The molecule has 2 bridgehead atoms. The van der Waals surface area contributed by atoms with Crippen LogP contribution in [0, 0.1) is 0 Å². The number of anilines is 1. The Kier molecular flexibility index (Phi) is 4.59. The quantitative estimate of drug-likeness (QED) is 0.353. The number of nitrogens with zero attached hydrogens (tertiary/aromatic N) is 8. The molecule has 0 aromatic carbocycles. The summed E-state index contributed by atoms with van der Waals surface area (Å²) in [6.45, 7) is 0. The molecule has 2 atom stereocenters. The third-order valence-corrected chi connectivity index (χ3v) is 7.34. The zero-order chi connectivity index (χ0) is 24.2. The average Bonchev–Trinajstić information content (AvgIpc) is 3.70. The van der Waals surface area contributed by atoms with Crippen molar-refractivity contribution >= 4 is 17.4 Å². The summed E-state index contributed by atoms with van der Waals surface area (Å²) in [5.74, 6) is 1.53. The van der Waals surface area contributed by atoms with Crippen LogP contribution in [0.5, 0.6) is 0 Å². The van der Waals surface area contributed by atoms with E-state index in [9.17, 15) is 4.79 Å². The molecule has 2 aliphatic rings. The second-order valence-electron chi connectivity index (χ2n) is 9.36. The summed E-state index contributed by atoms with van der Waals surface area (Å²) < 4.78 is 2.00. The zero-order valence-corrected chi connectivity index (χ0v) is 19.2. The maximum Gasteiger partial charge on any atom is 0.291 e. The molecule has 180 valence electrons. The molecule has 2 fully saturated rings. The predicted molar refractivity (Wildman–Crippen MR) is 130 cm³/mol. The van der Waals surface area contributed by atoms with Crippen LogP contribution in [0.3, 0.4) is 0 Å². The number of nitrogens with two attached hydrogens (primary N) is 1. The number of aromatic amines is 2. The fourth-order valence-corrected chi connectivity index (χ4v) is 5.71. The highest BCUT2D eigenvalue weighted by Gasteiger charge is 2.45. The number of pyridine rings is 1. The Morgan fingerprint density at radius 3 is 2.61 bits per heavy atom. The molecule has 12 heteroatoms. The molecule has 2 unspecified atom stereocenters. The van der Waals surface area contributed by atoms with Crippen molar-refractivity contribution in [1.82, 2.24) is 49.4 Å². The summed E-state index contributed by atoms with van der Waals surface area (Å²) in [6, 6.07) is 4.22. The van der Waals surface area contributed by atoms with Gasteiger partial charge in [0.25, 0.3) is 5.91 Å². The largest absolute Gasteiger partial charge is 0.381 e. The van der Waals surface area contributed by atoms with Crippen LogP contribution in [-0.2, 0) is 0 Å². The van der Waals surface area contributed by atoms with E-state index in [1.165, 1.54) is 6.33 Å². The second kappa shape index (κ2) is 7.97. The van der Waals surface area contributed by atoms with E-state index in [1.54, 1.807) is 18.6 Å². The molecular formula is C24H23N11O. The van der Waals surface area contributed by atoms with Crippen LogP contribution < -0.4 is 5.73 Å². The van der Waals surface area contributed by atoms with Crippen LogP contribution in [0.25, 0.3) is 28.4 Å². The van der Waals surface area contributed by atoms with E-state index < -0.39 is 0 Å². The van der Waals surface area contributed by atoms with E-state index in [1.807, 2.05) is 33.8 Å². The summed E-state index contributed by atoms with van der Waals surface area (Å²) in [6.07, 6.45) is 14.1. The zero-order valence-electron chi connectivity index (χ0n) is 19.2. The first-order chi connectivity index (χ1) is 17.7. The number of imidazole rings is 2.